The fraction of sp³-hybridized carbons (Fsp3) is 0.300. The highest BCUT2D eigenvalue weighted by atomic mass is 16.7. The Balaban J connectivity index is 1.30. The minimum absolute atomic E-state index is 0.0333. The Morgan fingerprint density at radius 3 is 2.89 bits per heavy atom. The van der Waals surface area contributed by atoms with Crippen LogP contribution in [0.4, 0.5) is 5.69 Å². The molecule has 0 saturated carbocycles. The summed E-state index contributed by atoms with van der Waals surface area (Å²) in [5.41, 5.74) is 3.27. The number of hydrogen-bond donors (Lipinski definition) is 2. The highest BCUT2D eigenvalue weighted by Crippen LogP contribution is 2.32. The molecule has 7 heteroatoms. The van der Waals surface area contributed by atoms with E-state index in [0.717, 1.165) is 35.7 Å². The summed E-state index contributed by atoms with van der Waals surface area (Å²) in [5.74, 6) is 2.12. The van der Waals surface area contributed by atoms with Gasteiger partial charge in [0.15, 0.2) is 17.5 Å². The summed E-state index contributed by atoms with van der Waals surface area (Å²) in [7, 11) is 1.69. The summed E-state index contributed by atoms with van der Waals surface area (Å²) in [4.78, 5) is 18.6. The smallest absolute Gasteiger partial charge is 0.246 e. The Hall–Kier alpha value is -3.22. The third kappa shape index (κ3) is 3.67. The Bertz CT molecular complexity index is 881. The van der Waals surface area contributed by atoms with Gasteiger partial charge in [-0.1, -0.05) is 24.3 Å². The predicted molar refractivity (Wildman–Crippen MR) is 103 cm³/mol. The molecule has 7 nitrogen and oxygen atoms in total. The molecule has 0 spiro atoms. The Labute approximate surface area is 158 Å². The average Bonchev–Trinajstić information content (AvgIpc) is 3.34. The van der Waals surface area contributed by atoms with Gasteiger partial charge >= 0.3 is 0 Å². The lowest BCUT2D eigenvalue weighted by atomic mass is 10.2. The van der Waals surface area contributed by atoms with Crippen LogP contribution in [0.3, 0.4) is 0 Å². The standard InChI is InChI=1S/C20H22N4O3/c1-21-20(22-11-14-6-7-17-18(10-14)27-13-26-17)23-12-19(25)24-9-8-15-4-2-3-5-16(15)24/h2-7,10H,8-9,11-13H2,1H3,(H2,21,22,23). The van der Waals surface area contributed by atoms with E-state index in [1.807, 2.05) is 41.3 Å². The van der Waals surface area contributed by atoms with E-state index >= 15 is 0 Å². The van der Waals surface area contributed by atoms with Crippen LogP contribution in [-0.2, 0) is 17.8 Å². The Morgan fingerprint density at radius 2 is 2.00 bits per heavy atom. The number of amides is 1. The fourth-order valence-electron chi connectivity index (χ4n) is 3.31. The van der Waals surface area contributed by atoms with E-state index < -0.39 is 0 Å². The molecule has 0 aromatic heterocycles. The van der Waals surface area contributed by atoms with Crippen molar-refractivity contribution in [3.05, 3.63) is 53.6 Å². The number of carbonyl (C=O) groups excluding carboxylic acids is 1. The van der Waals surface area contributed by atoms with Crippen LogP contribution in [0.5, 0.6) is 11.5 Å². The zero-order chi connectivity index (χ0) is 18.6. The van der Waals surface area contributed by atoms with Crippen LogP contribution in [0.15, 0.2) is 47.5 Å². The molecule has 2 aliphatic rings. The molecule has 0 unspecified atom stereocenters. The zero-order valence-electron chi connectivity index (χ0n) is 15.2. The molecule has 27 heavy (non-hydrogen) atoms. The first-order valence-corrected chi connectivity index (χ1v) is 8.96. The van der Waals surface area contributed by atoms with E-state index in [-0.39, 0.29) is 19.2 Å². The van der Waals surface area contributed by atoms with Gasteiger partial charge in [-0.2, -0.15) is 0 Å². The largest absolute Gasteiger partial charge is 0.454 e. The molecule has 2 aromatic carbocycles. The van der Waals surface area contributed by atoms with Gasteiger partial charge in [-0.15, -0.1) is 0 Å². The number of fused-ring (bicyclic) bond motifs is 2. The van der Waals surface area contributed by atoms with Crippen molar-refractivity contribution in [1.82, 2.24) is 10.6 Å². The number of ether oxygens (including phenoxy) is 2. The molecule has 1 amide bonds. The molecule has 2 aliphatic heterocycles. The van der Waals surface area contributed by atoms with Gasteiger partial charge in [0.25, 0.3) is 0 Å². The van der Waals surface area contributed by atoms with E-state index in [4.69, 9.17) is 9.47 Å². The highest BCUT2D eigenvalue weighted by molar-refractivity contribution is 5.98. The van der Waals surface area contributed by atoms with Gasteiger partial charge in [0.05, 0.1) is 6.54 Å². The van der Waals surface area contributed by atoms with Crippen molar-refractivity contribution < 1.29 is 14.3 Å². The van der Waals surface area contributed by atoms with Crippen molar-refractivity contribution in [2.24, 2.45) is 4.99 Å². The van der Waals surface area contributed by atoms with Crippen LogP contribution in [0, 0.1) is 0 Å². The number of para-hydroxylation sites is 1. The number of guanidine groups is 1. The summed E-state index contributed by atoms with van der Waals surface area (Å²) in [5, 5.41) is 6.30. The topological polar surface area (TPSA) is 75.2 Å². The first kappa shape index (κ1) is 17.2. The molecule has 0 radical (unpaired) electrons. The van der Waals surface area contributed by atoms with Crippen LogP contribution < -0.4 is 25.0 Å². The van der Waals surface area contributed by atoms with Crippen LogP contribution >= 0.6 is 0 Å². The maximum atomic E-state index is 12.6. The predicted octanol–water partition coefficient (Wildman–Crippen LogP) is 1.67. The van der Waals surface area contributed by atoms with Gasteiger partial charge < -0.3 is 25.0 Å². The molecule has 0 saturated heterocycles. The van der Waals surface area contributed by atoms with Crippen molar-refractivity contribution in [3.8, 4) is 11.5 Å². The van der Waals surface area contributed by atoms with Gasteiger partial charge in [-0.25, -0.2) is 0 Å². The number of carbonyl (C=O) groups is 1. The van der Waals surface area contributed by atoms with Crippen LogP contribution in [0.25, 0.3) is 0 Å². The quantitative estimate of drug-likeness (QED) is 0.636. The number of benzene rings is 2. The number of rotatable bonds is 4. The lowest BCUT2D eigenvalue weighted by molar-refractivity contribution is -0.117. The van der Waals surface area contributed by atoms with Crippen molar-refractivity contribution in [3.63, 3.8) is 0 Å². The van der Waals surface area contributed by atoms with E-state index in [2.05, 4.69) is 21.7 Å². The number of anilines is 1. The molecule has 140 valence electrons. The van der Waals surface area contributed by atoms with Gasteiger partial charge in [-0.05, 0) is 35.7 Å². The maximum Gasteiger partial charge on any atom is 0.246 e. The lowest BCUT2D eigenvalue weighted by Crippen LogP contribution is -2.44. The van der Waals surface area contributed by atoms with Crippen LogP contribution in [0.1, 0.15) is 11.1 Å². The van der Waals surface area contributed by atoms with Gasteiger partial charge in [0.1, 0.15) is 0 Å². The minimum Gasteiger partial charge on any atom is -0.454 e. The van der Waals surface area contributed by atoms with Gasteiger partial charge in [0, 0.05) is 25.8 Å². The third-order valence-corrected chi connectivity index (χ3v) is 4.72. The SMILES string of the molecule is CN=C(NCC(=O)N1CCc2ccccc21)NCc1ccc2c(c1)OCO2. The lowest BCUT2D eigenvalue weighted by Gasteiger charge is -2.19. The van der Waals surface area contributed by atoms with Crippen molar-refractivity contribution in [1.29, 1.82) is 0 Å². The summed E-state index contributed by atoms with van der Waals surface area (Å²) in [6.07, 6.45) is 0.902. The molecule has 2 aromatic rings. The number of nitrogens with one attached hydrogen (secondary N) is 2. The van der Waals surface area contributed by atoms with E-state index in [1.54, 1.807) is 7.05 Å². The molecule has 0 aliphatic carbocycles. The fourth-order valence-corrected chi connectivity index (χ4v) is 3.31. The van der Waals surface area contributed by atoms with E-state index in [0.29, 0.717) is 12.5 Å². The molecule has 0 bridgehead atoms. The first-order chi connectivity index (χ1) is 13.2. The van der Waals surface area contributed by atoms with Crippen molar-refractivity contribution in [2.45, 2.75) is 13.0 Å². The zero-order valence-corrected chi connectivity index (χ0v) is 15.2. The minimum atomic E-state index is 0.0333. The van der Waals surface area contributed by atoms with Crippen molar-refractivity contribution in [2.75, 3.05) is 31.8 Å². The second kappa shape index (κ2) is 7.57. The number of hydrogen-bond acceptors (Lipinski definition) is 4. The molecule has 4 rings (SSSR count). The highest BCUT2D eigenvalue weighted by Gasteiger charge is 2.23. The second-order valence-corrected chi connectivity index (χ2v) is 6.39. The summed E-state index contributed by atoms with van der Waals surface area (Å²) in [6.45, 7) is 1.74. The third-order valence-electron chi connectivity index (χ3n) is 4.72. The number of nitrogens with zero attached hydrogens (tertiary/aromatic N) is 2. The van der Waals surface area contributed by atoms with Crippen molar-refractivity contribution >= 4 is 17.6 Å². The molecular formula is C20H22N4O3. The molecular weight excluding hydrogens is 344 g/mol. The van der Waals surface area contributed by atoms with Crippen LogP contribution in [-0.4, -0.2) is 38.8 Å². The molecule has 0 fully saturated rings. The molecule has 0 atom stereocenters. The normalized spacial score (nSPS) is 14.9. The first-order valence-electron chi connectivity index (χ1n) is 8.96. The summed E-state index contributed by atoms with van der Waals surface area (Å²) in [6, 6.07) is 13.8. The van der Waals surface area contributed by atoms with E-state index in [9.17, 15) is 4.79 Å². The second-order valence-electron chi connectivity index (χ2n) is 6.39. The molecule has 2 N–H and O–H groups in total. The Morgan fingerprint density at radius 1 is 1.15 bits per heavy atom. The summed E-state index contributed by atoms with van der Waals surface area (Å²) >= 11 is 0. The van der Waals surface area contributed by atoms with E-state index in [1.165, 1.54) is 5.56 Å². The van der Waals surface area contributed by atoms with Crippen LogP contribution in [0.2, 0.25) is 0 Å². The van der Waals surface area contributed by atoms with Gasteiger partial charge in [-0.3, -0.25) is 9.79 Å². The maximum absolute atomic E-state index is 12.6. The summed E-state index contributed by atoms with van der Waals surface area (Å²) < 4.78 is 10.7. The molecule has 2 heterocycles. The van der Waals surface area contributed by atoms with Gasteiger partial charge in [0.2, 0.25) is 12.7 Å². The number of aliphatic imine (C=N–C) groups is 1. The average molecular weight is 366 g/mol. The Kier molecular flexibility index (Phi) is 4.82. The monoisotopic (exact) mass is 366 g/mol.